The van der Waals surface area contributed by atoms with Crippen molar-refractivity contribution in [3.8, 4) is 5.75 Å². The molecule has 0 amide bonds. The van der Waals surface area contributed by atoms with Gasteiger partial charge in [-0.2, -0.15) is 0 Å². The van der Waals surface area contributed by atoms with E-state index in [0.717, 1.165) is 0 Å². The summed E-state index contributed by atoms with van der Waals surface area (Å²) >= 11 is 0. The molecule has 3 rings (SSSR count). The highest BCUT2D eigenvalue weighted by molar-refractivity contribution is 5.96. The Hall–Kier alpha value is -3.55. The lowest BCUT2D eigenvalue weighted by molar-refractivity contribution is -0.384. The van der Waals surface area contributed by atoms with Crippen molar-refractivity contribution < 1.29 is 14.5 Å². The Morgan fingerprint density at radius 2 is 2.08 bits per heavy atom. The van der Waals surface area contributed by atoms with E-state index >= 15 is 0 Å². The lowest BCUT2D eigenvalue weighted by Gasteiger charge is -2.07. The number of nitro groups is 1. The summed E-state index contributed by atoms with van der Waals surface area (Å²) in [5, 5.41) is 11.0. The van der Waals surface area contributed by atoms with E-state index in [0.29, 0.717) is 11.3 Å². The Bertz CT molecular complexity index is 1040. The number of non-ortho nitro benzene ring substituents is 1. The van der Waals surface area contributed by atoms with Crippen LogP contribution in [0.25, 0.3) is 10.9 Å². The first kappa shape index (κ1) is 16.3. The number of nitro benzene ring substituents is 1. The number of fused-ring (bicyclic) bond motifs is 1. The van der Waals surface area contributed by atoms with Crippen molar-refractivity contribution in [1.29, 1.82) is 0 Å². The quantitative estimate of drug-likeness (QED) is 0.401. The van der Waals surface area contributed by atoms with Crippen molar-refractivity contribution >= 4 is 22.4 Å². The Balaban J connectivity index is 1.95. The Morgan fingerprint density at radius 3 is 2.80 bits per heavy atom. The standard InChI is InChI=1S/C17H13N3O5/c1-25-13-4-2-3-11(7-13)16(21)9-19-10-18-15-8-12(20(23)24)5-6-14(15)17(19)22/h2-8,10H,9H2,1H3. The van der Waals surface area contributed by atoms with Gasteiger partial charge in [0.15, 0.2) is 5.78 Å². The van der Waals surface area contributed by atoms with E-state index in [-0.39, 0.29) is 28.9 Å². The molecule has 8 heteroatoms. The molecule has 0 N–H and O–H groups in total. The molecular weight excluding hydrogens is 326 g/mol. The molecule has 0 aliphatic rings. The number of nitrogens with zero attached hydrogens (tertiary/aromatic N) is 3. The molecule has 0 fully saturated rings. The van der Waals surface area contributed by atoms with Gasteiger partial charge in [-0.05, 0) is 18.2 Å². The van der Waals surface area contributed by atoms with E-state index in [1.54, 1.807) is 24.3 Å². The zero-order chi connectivity index (χ0) is 18.0. The SMILES string of the molecule is COc1cccc(C(=O)Cn2cnc3cc([N+](=O)[O-])ccc3c2=O)c1. The first-order valence-corrected chi connectivity index (χ1v) is 7.30. The van der Waals surface area contributed by atoms with E-state index in [2.05, 4.69) is 4.98 Å². The van der Waals surface area contributed by atoms with E-state index in [9.17, 15) is 19.7 Å². The maximum atomic E-state index is 12.5. The number of carbonyl (C=O) groups excluding carboxylic acids is 1. The summed E-state index contributed by atoms with van der Waals surface area (Å²) in [5.74, 6) is 0.270. The van der Waals surface area contributed by atoms with E-state index in [4.69, 9.17) is 4.74 Å². The normalized spacial score (nSPS) is 10.6. The van der Waals surface area contributed by atoms with Crippen LogP contribution in [-0.4, -0.2) is 27.4 Å². The minimum atomic E-state index is -0.557. The molecule has 0 aliphatic carbocycles. The monoisotopic (exact) mass is 339 g/mol. The number of ketones is 1. The lowest BCUT2D eigenvalue weighted by Crippen LogP contribution is -2.24. The zero-order valence-corrected chi connectivity index (χ0v) is 13.2. The lowest BCUT2D eigenvalue weighted by atomic mass is 10.1. The van der Waals surface area contributed by atoms with E-state index in [1.165, 1.54) is 36.2 Å². The third-order valence-electron chi connectivity index (χ3n) is 3.73. The van der Waals surface area contributed by atoms with Crippen molar-refractivity contribution in [1.82, 2.24) is 9.55 Å². The second kappa shape index (κ2) is 6.52. The summed E-state index contributed by atoms with van der Waals surface area (Å²) in [5.41, 5.74) is 0.0417. The molecule has 25 heavy (non-hydrogen) atoms. The van der Waals surface area contributed by atoms with Gasteiger partial charge in [-0.25, -0.2) is 4.98 Å². The predicted octanol–water partition coefficient (Wildman–Crippen LogP) is 2.20. The Morgan fingerprint density at radius 1 is 1.28 bits per heavy atom. The molecule has 0 atom stereocenters. The number of hydrogen-bond acceptors (Lipinski definition) is 6. The van der Waals surface area contributed by atoms with Gasteiger partial charge in [-0.1, -0.05) is 12.1 Å². The molecule has 0 bridgehead atoms. The van der Waals surface area contributed by atoms with Crippen molar-refractivity contribution in [2.75, 3.05) is 7.11 Å². The molecule has 0 spiro atoms. The smallest absolute Gasteiger partial charge is 0.271 e. The van der Waals surface area contributed by atoms with Gasteiger partial charge >= 0.3 is 0 Å². The van der Waals surface area contributed by atoms with Crippen LogP contribution in [0.2, 0.25) is 0 Å². The van der Waals surface area contributed by atoms with Crippen molar-refractivity contribution in [2.24, 2.45) is 0 Å². The van der Waals surface area contributed by atoms with Gasteiger partial charge in [0.05, 0.1) is 35.8 Å². The van der Waals surface area contributed by atoms with Gasteiger partial charge in [-0.3, -0.25) is 24.3 Å². The van der Waals surface area contributed by atoms with Gasteiger partial charge in [0.1, 0.15) is 5.75 Å². The molecule has 0 aliphatic heterocycles. The number of carbonyl (C=O) groups is 1. The molecule has 0 saturated carbocycles. The first-order valence-electron chi connectivity index (χ1n) is 7.30. The maximum Gasteiger partial charge on any atom is 0.271 e. The highest BCUT2D eigenvalue weighted by Gasteiger charge is 2.13. The number of methoxy groups -OCH3 is 1. The molecule has 1 heterocycles. The highest BCUT2D eigenvalue weighted by Crippen LogP contribution is 2.17. The van der Waals surface area contributed by atoms with Crippen LogP contribution in [0.15, 0.2) is 53.6 Å². The largest absolute Gasteiger partial charge is 0.497 e. The average Bonchev–Trinajstić information content (AvgIpc) is 2.63. The molecule has 1 aromatic heterocycles. The van der Waals surface area contributed by atoms with Crippen LogP contribution in [0.1, 0.15) is 10.4 Å². The predicted molar refractivity (Wildman–Crippen MR) is 90.0 cm³/mol. The van der Waals surface area contributed by atoms with E-state index < -0.39 is 10.5 Å². The number of Topliss-reactive ketones (excluding diaryl/α,β-unsaturated/α-hetero) is 1. The van der Waals surface area contributed by atoms with Crippen LogP contribution in [0.3, 0.4) is 0 Å². The van der Waals surface area contributed by atoms with Crippen LogP contribution in [0, 0.1) is 10.1 Å². The van der Waals surface area contributed by atoms with Crippen LogP contribution in [0.5, 0.6) is 5.75 Å². The average molecular weight is 339 g/mol. The maximum absolute atomic E-state index is 12.5. The van der Waals surface area contributed by atoms with Crippen molar-refractivity contribution in [3.05, 3.63) is 74.8 Å². The van der Waals surface area contributed by atoms with Crippen LogP contribution in [-0.2, 0) is 6.54 Å². The zero-order valence-electron chi connectivity index (χ0n) is 13.2. The fourth-order valence-electron chi connectivity index (χ4n) is 2.42. The second-order valence-corrected chi connectivity index (χ2v) is 5.29. The molecule has 3 aromatic rings. The molecule has 8 nitrogen and oxygen atoms in total. The summed E-state index contributed by atoms with van der Waals surface area (Å²) in [7, 11) is 1.50. The summed E-state index contributed by atoms with van der Waals surface area (Å²) in [6.07, 6.45) is 1.21. The minimum Gasteiger partial charge on any atom is -0.497 e. The number of rotatable bonds is 5. The van der Waals surface area contributed by atoms with Gasteiger partial charge in [0.25, 0.3) is 11.2 Å². The molecule has 2 aromatic carbocycles. The molecule has 0 saturated heterocycles. The molecule has 126 valence electrons. The summed E-state index contributed by atoms with van der Waals surface area (Å²) < 4.78 is 6.26. The van der Waals surface area contributed by atoms with Gasteiger partial charge in [0.2, 0.25) is 0 Å². The molecule has 0 unspecified atom stereocenters. The summed E-state index contributed by atoms with van der Waals surface area (Å²) in [6.45, 7) is -0.189. The highest BCUT2D eigenvalue weighted by atomic mass is 16.6. The second-order valence-electron chi connectivity index (χ2n) is 5.29. The fourth-order valence-corrected chi connectivity index (χ4v) is 2.42. The van der Waals surface area contributed by atoms with E-state index in [1.807, 2.05) is 0 Å². The van der Waals surface area contributed by atoms with Crippen LogP contribution < -0.4 is 10.3 Å². The number of aromatic nitrogens is 2. The Kier molecular flexibility index (Phi) is 4.25. The summed E-state index contributed by atoms with van der Waals surface area (Å²) in [4.78, 5) is 39.1. The fraction of sp³-hybridized carbons (Fsp3) is 0.118. The minimum absolute atomic E-state index is 0.149. The van der Waals surface area contributed by atoms with Crippen molar-refractivity contribution in [2.45, 2.75) is 6.54 Å². The molecule has 0 radical (unpaired) electrons. The summed E-state index contributed by atoms with van der Waals surface area (Å²) in [6, 6.07) is 10.4. The van der Waals surface area contributed by atoms with Crippen LogP contribution >= 0.6 is 0 Å². The Labute approximate surface area is 141 Å². The number of benzene rings is 2. The van der Waals surface area contributed by atoms with Gasteiger partial charge in [0, 0.05) is 17.7 Å². The van der Waals surface area contributed by atoms with Crippen molar-refractivity contribution in [3.63, 3.8) is 0 Å². The molecular formula is C17H13N3O5. The third kappa shape index (κ3) is 3.23. The first-order chi connectivity index (χ1) is 12.0. The van der Waals surface area contributed by atoms with Gasteiger partial charge in [-0.15, -0.1) is 0 Å². The van der Waals surface area contributed by atoms with Crippen LogP contribution in [0.4, 0.5) is 5.69 Å². The van der Waals surface area contributed by atoms with Gasteiger partial charge < -0.3 is 4.74 Å². The number of hydrogen-bond donors (Lipinski definition) is 0. The third-order valence-corrected chi connectivity index (χ3v) is 3.73. The topological polar surface area (TPSA) is 104 Å². The number of ether oxygens (including phenoxy) is 1.